The highest BCUT2D eigenvalue weighted by atomic mass is 15.4. The van der Waals surface area contributed by atoms with Gasteiger partial charge in [-0.15, -0.1) is 0 Å². The lowest BCUT2D eigenvalue weighted by atomic mass is 10.4. The molecule has 0 atom stereocenters. The second-order valence-corrected chi connectivity index (χ2v) is 3.05. The van der Waals surface area contributed by atoms with Crippen LogP contribution in [0.25, 0.3) is 0 Å². The largest absolute Gasteiger partial charge is 0.343 e. The fraction of sp³-hybridized carbons (Fsp3) is 0.875. The summed E-state index contributed by atoms with van der Waals surface area (Å²) in [5.74, 6) is 6.09. The van der Waals surface area contributed by atoms with Gasteiger partial charge in [0.1, 0.15) is 0 Å². The zero-order chi connectivity index (χ0) is 9.56. The third kappa shape index (κ3) is 3.57. The summed E-state index contributed by atoms with van der Waals surface area (Å²) < 4.78 is 0. The Labute approximate surface area is 74.8 Å². The molecule has 0 aromatic heterocycles. The highest BCUT2D eigenvalue weighted by Gasteiger charge is 2.06. The van der Waals surface area contributed by atoms with Gasteiger partial charge in [-0.3, -0.25) is 10.4 Å². The fourth-order valence-electron chi connectivity index (χ4n) is 0.721. The van der Waals surface area contributed by atoms with Crippen molar-refractivity contribution in [3.63, 3.8) is 0 Å². The van der Waals surface area contributed by atoms with E-state index in [1.165, 1.54) is 0 Å². The summed E-state index contributed by atoms with van der Waals surface area (Å²) in [6.45, 7) is 7.10. The van der Waals surface area contributed by atoms with E-state index in [2.05, 4.69) is 31.2 Å². The molecule has 12 heavy (non-hydrogen) atoms. The van der Waals surface area contributed by atoms with E-state index in [0.29, 0.717) is 6.04 Å². The summed E-state index contributed by atoms with van der Waals surface area (Å²) in [5, 5.41) is 0. The first-order chi connectivity index (χ1) is 5.63. The lowest BCUT2D eigenvalue weighted by Gasteiger charge is -2.24. The highest BCUT2D eigenvalue weighted by molar-refractivity contribution is 5.79. The fourth-order valence-corrected chi connectivity index (χ4v) is 0.721. The van der Waals surface area contributed by atoms with Crippen molar-refractivity contribution in [2.75, 3.05) is 13.6 Å². The van der Waals surface area contributed by atoms with Crippen molar-refractivity contribution in [3.05, 3.63) is 0 Å². The maximum atomic E-state index is 5.33. The number of nitrogens with zero attached hydrogens (tertiary/aromatic N) is 2. The van der Waals surface area contributed by atoms with Crippen LogP contribution in [0.2, 0.25) is 0 Å². The first-order valence-corrected chi connectivity index (χ1v) is 4.37. The third-order valence-corrected chi connectivity index (χ3v) is 1.72. The summed E-state index contributed by atoms with van der Waals surface area (Å²) in [6, 6.07) is 0.414. The first kappa shape index (κ1) is 11.2. The van der Waals surface area contributed by atoms with E-state index in [0.717, 1.165) is 18.9 Å². The van der Waals surface area contributed by atoms with Gasteiger partial charge >= 0.3 is 0 Å². The molecular weight excluding hydrogens is 152 g/mol. The number of rotatable bonds is 3. The molecule has 4 heteroatoms. The molecule has 0 aliphatic carbocycles. The van der Waals surface area contributed by atoms with Crippen LogP contribution in [-0.2, 0) is 0 Å². The molecule has 3 N–H and O–H groups in total. The van der Waals surface area contributed by atoms with Gasteiger partial charge in [0.25, 0.3) is 0 Å². The van der Waals surface area contributed by atoms with E-state index >= 15 is 0 Å². The van der Waals surface area contributed by atoms with Gasteiger partial charge in [-0.05, 0) is 20.3 Å². The van der Waals surface area contributed by atoms with Crippen molar-refractivity contribution < 1.29 is 0 Å². The molecule has 0 heterocycles. The second kappa shape index (κ2) is 5.83. The highest BCUT2D eigenvalue weighted by Crippen LogP contribution is 1.94. The number of aliphatic imine (C=N–C) groups is 1. The lowest BCUT2D eigenvalue weighted by molar-refractivity contribution is 0.401. The Bertz CT molecular complexity index is 142. The van der Waals surface area contributed by atoms with Gasteiger partial charge in [-0.1, -0.05) is 6.92 Å². The predicted octanol–water partition coefficient (Wildman–Crippen LogP) is 0.556. The van der Waals surface area contributed by atoms with Crippen LogP contribution in [0.1, 0.15) is 27.2 Å². The zero-order valence-corrected chi connectivity index (χ0v) is 8.46. The number of nitrogens with two attached hydrogens (primary N) is 1. The van der Waals surface area contributed by atoms with E-state index in [1.54, 1.807) is 0 Å². The zero-order valence-electron chi connectivity index (χ0n) is 8.46. The molecule has 0 amide bonds. The SMILES string of the molecule is CCCN=C(NN)N(C)C(C)C. The molecule has 0 spiro atoms. The molecule has 4 nitrogen and oxygen atoms in total. The smallest absolute Gasteiger partial charge is 0.208 e. The van der Waals surface area contributed by atoms with E-state index in [9.17, 15) is 0 Å². The Morgan fingerprint density at radius 3 is 2.50 bits per heavy atom. The van der Waals surface area contributed by atoms with Crippen LogP contribution in [0, 0.1) is 0 Å². The standard InChI is InChI=1S/C8H20N4/c1-5-6-10-8(11-9)12(4)7(2)3/h7H,5-6,9H2,1-4H3,(H,10,11). The topological polar surface area (TPSA) is 53.6 Å². The Morgan fingerprint density at radius 1 is 1.58 bits per heavy atom. The van der Waals surface area contributed by atoms with Crippen LogP contribution in [0.5, 0.6) is 0 Å². The third-order valence-electron chi connectivity index (χ3n) is 1.72. The molecular formula is C8H20N4. The number of hydrogen-bond acceptors (Lipinski definition) is 2. The normalized spacial score (nSPS) is 12.0. The molecule has 0 fully saturated rings. The van der Waals surface area contributed by atoms with Gasteiger partial charge in [0, 0.05) is 19.6 Å². The molecule has 0 unspecified atom stereocenters. The van der Waals surface area contributed by atoms with Crippen molar-refractivity contribution in [1.29, 1.82) is 0 Å². The molecule has 0 aromatic carbocycles. The molecule has 0 radical (unpaired) electrons. The maximum absolute atomic E-state index is 5.33. The van der Waals surface area contributed by atoms with Crippen molar-refractivity contribution >= 4 is 5.96 Å². The molecule has 0 saturated heterocycles. The minimum atomic E-state index is 0.414. The predicted molar refractivity (Wildman–Crippen MR) is 52.8 cm³/mol. The number of guanidine groups is 1. The van der Waals surface area contributed by atoms with Gasteiger partial charge in [0.15, 0.2) is 0 Å². The summed E-state index contributed by atoms with van der Waals surface area (Å²) in [5.41, 5.74) is 2.59. The van der Waals surface area contributed by atoms with Crippen molar-refractivity contribution in [2.24, 2.45) is 10.8 Å². The molecule has 0 bridgehead atoms. The van der Waals surface area contributed by atoms with Gasteiger partial charge in [0.05, 0.1) is 0 Å². The number of hydrazine groups is 1. The Hall–Kier alpha value is -0.770. The van der Waals surface area contributed by atoms with E-state index in [4.69, 9.17) is 5.84 Å². The Balaban J connectivity index is 4.13. The lowest BCUT2D eigenvalue weighted by Crippen LogP contribution is -2.45. The molecule has 0 rings (SSSR count). The average molecular weight is 172 g/mol. The summed E-state index contributed by atoms with van der Waals surface area (Å²) in [7, 11) is 1.97. The van der Waals surface area contributed by atoms with Crippen molar-refractivity contribution in [2.45, 2.75) is 33.2 Å². The van der Waals surface area contributed by atoms with E-state index in [1.807, 2.05) is 11.9 Å². The molecule has 0 aromatic rings. The van der Waals surface area contributed by atoms with Crippen molar-refractivity contribution in [3.8, 4) is 0 Å². The van der Waals surface area contributed by atoms with Gasteiger partial charge in [0.2, 0.25) is 5.96 Å². The monoisotopic (exact) mass is 172 g/mol. The second-order valence-electron chi connectivity index (χ2n) is 3.05. The summed E-state index contributed by atoms with van der Waals surface area (Å²) >= 11 is 0. The number of hydrogen-bond donors (Lipinski definition) is 2. The van der Waals surface area contributed by atoms with Crippen LogP contribution >= 0.6 is 0 Å². The van der Waals surface area contributed by atoms with E-state index in [-0.39, 0.29) is 0 Å². The minimum absolute atomic E-state index is 0.414. The molecule has 0 aliphatic rings. The van der Waals surface area contributed by atoms with Gasteiger partial charge in [-0.25, -0.2) is 5.84 Å². The van der Waals surface area contributed by atoms with Crippen LogP contribution in [0.3, 0.4) is 0 Å². The molecule has 0 aliphatic heterocycles. The Morgan fingerprint density at radius 2 is 2.17 bits per heavy atom. The van der Waals surface area contributed by atoms with Gasteiger partial charge in [-0.2, -0.15) is 0 Å². The minimum Gasteiger partial charge on any atom is -0.343 e. The van der Waals surface area contributed by atoms with E-state index < -0.39 is 0 Å². The van der Waals surface area contributed by atoms with Crippen LogP contribution in [0.15, 0.2) is 4.99 Å². The average Bonchev–Trinajstić information content (AvgIpc) is 2.05. The summed E-state index contributed by atoms with van der Waals surface area (Å²) in [4.78, 5) is 6.30. The van der Waals surface area contributed by atoms with Crippen LogP contribution in [-0.4, -0.2) is 30.5 Å². The quantitative estimate of drug-likeness (QED) is 0.283. The van der Waals surface area contributed by atoms with Gasteiger partial charge < -0.3 is 4.90 Å². The Kier molecular flexibility index (Phi) is 5.45. The molecule has 0 saturated carbocycles. The molecule has 72 valence electrons. The van der Waals surface area contributed by atoms with Crippen LogP contribution < -0.4 is 11.3 Å². The van der Waals surface area contributed by atoms with Crippen molar-refractivity contribution in [1.82, 2.24) is 10.3 Å². The first-order valence-electron chi connectivity index (χ1n) is 4.37. The number of nitrogens with one attached hydrogen (secondary N) is 1. The van der Waals surface area contributed by atoms with Crippen LogP contribution in [0.4, 0.5) is 0 Å². The summed E-state index contributed by atoms with van der Waals surface area (Å²) in [6.07, 6.45) is 1.04. The maximum Gasteiger partial charge on any atom is 0.208 e.